The summed E-state index contributed by atoms with van der Waals surface area (Å²) in [7, 11) is 0. The van der Waals surface area contributed by atoms with E-state index in [0.717, 1.165) is 11.8 Å². The molecule has 2 heterocycles. The predicted molar refractivity (Wildman–Crippen MR) is 87.8 cm³/mol. The van der Waals surface area contributed by atoms with Gasteiger partial charge in [0.1, 0.15) is 0 Å². The van der Waals surface area contributed by atoms with Crippen molar-refractivity contribution in [3.63, 3.8) is 0 Å². The number of hydrogen-bond acceptors (Lipinski definition) is 2. The Morgan fingerprint density at radius 2 is 1.90 bits per heavy atom. The third-order valence-electron chi connectivity index (χ3n) is 4.88. The fraction of sp³-hybridized carbons (Fsp3) is 0.647. The topological polar surface area (TPSA) is 15.3 Å². The Hall–Kier alpha value is -0.570. The second-order valence-electron chi connectivity index (χ2n) is 6.30. The van der Waals surface area contributed by atoms with Gasteiger partial charge in [0.25, 0.3) is 0 Å². The Morgan fingerprint density at radius 1 is 1.15 bits per heavy atom. The molecule has 1 N–H and O–H groups in total. The molecule has 0 saturated carbocycles. The number of aryl methyl sites for hydroxylation is 1. The van der Waals surface area contributed by atoms with Gasteiger partial charge in [0, 0.05) is 13.1 Å². The van der Waals surface area contributed by atoms with E-state index in [9.17, 15) is 0 Å². The Morgan fingerprint density at radius 3 is 2.65 bits per heavy atom. The summed E-state index contributed by atoms with van der Waals surface area (Å²) in [5, 5.41) is 3.46. The van der Waals surface area contributed by atoms with Gasteiger partial charge in [0.05, 0.1) is 0 Å². The zero-order valence-corrected chi connectivity index (χ0v) is 13.3. The van der Waals surface area contributed by atoms with E-state index < -0.39 is 0 Å². The largest absolute Gasteiger partial charge is 0.317 e. The molecule has 2 fully saturated rings. The SMILES string of the molecule is Cc1ccccc1C1CCN(CC2CCNCC2)C1.Cl. The average molecular weight is 295 g/mol. The minimum atomic E-state index is 0. The highest BCUT2D eigenvalue weighted by Crippen LogP contribution is 2.30. The van der Waals surface area contributed by atoms with E-state index in [1.54, 1.807) is 5.56 Å². The second-order valence-corrected chi connectivity index (χ2v) is 6.30. The highest BCUT2D eigenvalue weighted by atomic mass is 35.5. The van der Waals surface area contributed by atoms with E-state index in [4.69, 9.17) is 0 Å². The van der Waals surface area contributed by atoms with Crippen molar-refractivity contribution in [2.45, 2.75) is 32.1 Å². The molecule has 0 radical (unpaired) electrons. The molecule has 2 aliphatic rings. The van der Waals surface area contributed by atoms with Gasteiger partial charge < -0.3 is 10.2 Å². The normalized spacial score (nSPS) is 24.6. The molecule has 0 aliphatic carbocycles. The zero-order valence-electron chi connectivity index (χ0n) is 12.5. The van der Waals surface area contributed by atoms with Gasteiger partial charge in [-0.25, -0.2) is 0 Å². The summed E-state index contributed by atoms with van der Waals surface area (Å²) < 4.78 is 0. The van der Waals surface area contributed by atoms with Crippen LogP contribution in [0.2, 0.25) is 0 Å². The van der Waals surface area contributed by atoms with Crippen LogP contribution in [0.15, 0.2) is 24.3 Å². The van der Waals surface area contributed by atoms with Gasteiger partial charge in [-0.2, -0.15) is 0 Å². The molecule has 1 atom stereocenters. The molecule has 3 heteroatoms. The van der Waals surface area contributed by atoms with Crippen LogP contribution in [0.4, 0.5) is 0 Å². The summed E-state index contributed by atoms with van der Waals surface area (Å²) >= 11 is 0. The minimum absolute atomic E-state index is 0. The summed E-state index contributed by atoms with van der Waals surface area (Å²) in [6, 6.07) is 8.93. The lowest BCUT2D eigenvalue weighted by Crippen LogP contribution is -2.35. The maximum Gasteiger partial charge on any atom is 0.00510 e. The predicted octanol–water partition coefficient (Wildman–Crippen LogP) is 3.21. The minimum Gasteiger partial charge on any atom is -0.317 e. The van der Waals surface area contributed by atoms with Crippen molar-refractivity contribution in [3.8, 4) is 0 Å². The molecule has 0 bridgehead atoms. The molecular weight excluding hydrogens is 268 g/mol. The van der Waals surface area contributed by atoms with Crippen LogP contribution in [0, 0.1) is 12.8 Å². The molecule has 2 aliphatic heterocycles. The van der Waals surface area contributed by atoms with Gasteiger partial charge in [-0.05, 0) is 68.8 Å². The van der Waals surface area contributed by atoms with E-state index >= 15 is 0 Å². The number of benzene rings is 1. The van der Waals surface area contributed by atoms with Gasteiger partial charge >= 0.3 is 0 Å². The lowest BCUT2D eigenvalue weighted by molar-refractivity contribution is 0.239. The summed E-state index contributed by atoms with van der Waals surface area (Å²) in [5.74, 6) is 1.69. The lowest BCUT2D eigenvalue weighted by atomic mass is 9.94. The van der Waals surface area contributed by atoms with Crippen LogP contribution < -0.4 is 5.32 Å². The molecular formula is C17H27ClN2. The van der Waals surface area contributed by atoms with Crippen LogP contribution in [-0.2, 0) is 0 Å². The Labute approximate surface area is 129 Å². The second kappa shape index (κ2) is 7.44. The third-order valence-corrected chi connectivity index (χ3v) is 4.88. The molecule has 3 rings (SSSR count). The van der Waals surface area contributed by atoms with Gasteiger partial charge in [0.2, 0.25) is 0 Å². The zero-order chi connectivity index (χ0) is 13.1. The first kappa shape index (κ1) is 15.8. The number of nitrogens with zero attached hydrogens (tertiary/aromatic N) is 1. The first-order valence-electron chi connectivity index (χ1n) is 7.81. The highest BCUT2D eigenvalue weighted by molar-refractivity contribution is 5.85. The third kappa shape index (κ3) is 3.75. The highest BCUT2D eigenvalue weighted by Gasteiger charge is 2.26. The van der Waals surface area contributed by atoms with Crippen molar-refractivity contribution in [1.82, 2.24) is 10.2 Å². The number of rotatable bonds is 3. The van der Waals surface area contributed by atoms with E-state index in [1.165, 1.54) is 57.5 Å². The quantitative estimate of drug-likeness (QED) is 0.921. The average Bonchev–Trinajstić information content (AvgIpc) is 2.89. The van der Waals surface area contributed by atoms with Gasteiger partial charge in [-0.3, -0.25) is 0 Å². The maximum absolute atomic E-state index is 3.46. The number of nitrogens with one attached hydrogen (secondary N) is 1. The molecule has 2 saturated heterocycles. The van der Waals surface area contributed by atoms with Gasteiger partial charge in [-0.15, -0.1) is 12.4 Å². The van der Waals surface area contributed by atoms with E-state index in [-0.39, 0.29) is 12.4 Å². The van der Waals surface area contributed by atoms with E-state index in [1.807, 2.05) is 0 Å². The van der Waals surface area contributed by atoms with Gasteiger partial charge in [-0.1, -0.05) is 24.3 Å². The standard InChI is InChI=1S/C17H26N2.ClH/c1-14-4-2-3-5-17(14)16-8-11-19(13-16)12-15-6-9-18-10-7-15;/h2-5,15-16,18H,6-13H2,1H3;1H. The Balaban J connectivity index is 0.00000147. The van der Waals surface area contributed by atoms with Gasteiger partial charge in [0.15, 0.2) is 0 Å². The van der Waals surface area contributed by atoms with Crippen molar-refractivity contribution in [3.05, 3.63) is 35.4 Å². The van der Waals surface area contributed by atoms with Crippen LogP contribution in [-0.4, -0.2) is 37.6 Å². The summed E-state index contributed by atoms with van der Waals surface area (Å²) in [6.07, 6.45) is 4.08. The summed E-state index contributed by atoms with van der Waals surface area (Å²) in [4.78, 5) is 2.70. The van der Waals surface area contributed by atoms with Crippen molar-refractivity contribution in [2.75, 3.05) is 32.7 Å². The lowest BCUT2D eigenvalue weighted by Gasteiger charge is -2.27. The number of piperidine rings is 1. The molecule has 1 unspecified atom stereocenters. The summed E-state index contributed by atoms with van der Waals surface area (Å²) in [5.41, 5.74) is 3.05. The van der Waals surface area contributed by atoms with Crippen molar-refractivity contribution in [1.29, 1.82) is 0 Å². The van der Waals surface area contributed by atoms with Crippen molar-refractivity contribution < 1.29 is 0 Å². The number of hydrogen-bond donors (Lipinski definition) is 1. The number of likely N-dealkylation sites (tertiary alicyclic amines) is 1. The van der Waals surface area contributed by atoms with Crippen LogP contribution in [0.5, 0.6) is 0 Å². The van der Waals surface area contributed by atoms with Crippen LogP contribution >= 0.6 is 12.4 Å². The first-order chi connectivity index (χ1) is 9.33. The van der Waals surface area contributed by atoms with E-state index in [0.29, 0.717) is 0 Å². The molecule has 20 heavy (non-hydrogen) atoms. The van der Waals surface area contributed by atoms with Crippen LogP contribution in [0.1, 0.15) is 36.3 Å². The fourth-order valence-corrected chi connectivity index (χ4v) is 3.73. The van der Waals surface area contributed by atoms with Crippen molar-refractivity contribution >= 4 is 12.4 Å². The molecule has 112 valence electrons. The molecule has 0 aromatic heterocycles. The Kier molecular flexibility index (Phi) is 5.88. The molecule has 0 amide bonds. The molecule has 2 nitrogen and oxygen atoms in total. The summed E-state index contributed by atoms with van der Waals surface area (Å²) in [6.45, 7) is 8.59. The van der Waals surface area contributed by atoms with Crippen LogP contribution in [0.25, 0.3) is 0 Å². The fourth-order valence-electron chi connectivity index (χ4n) is 3.73. The van der Waals surface area contributed by atoms with E-state index in [2.05, 4.69) is 41.4 Å². The molecule has 1 aromatic rings. The van der Waals surface area contributed by atoms with Crippen molar-refractivity contribution in [2.24, 2.45) is 5.92 Å². The maximum atomic E-state index is 3.46. The van der Waals surface area contributed by atoms with Crippen LogP contribution in [0.3, 0.4) is 0 Å². The number of halogens is 1. The Bertz CT molecular complexity index is 415. The smallest absolute Gasteiger partial charge is 0.00510 e. The first-order valence-corrected chi connectivity index (χ1v) is 7.81. The molecule has 1 aromatic carbocycles. The monoisotopic (exact) mass is 294 g/mol. The molecule has 0 spiro atoms.